The molecular formula is C89H128ClN27O10. The first kappa shape index (κ1) is 106. The number of rotatable bonds is 34. The molecule has 0 aliphatic rings. The summed E-state index contributed by atoms with van der Waals surface area (Å²) in [6.07, 6.45) is 11.9. The lowest BCUT2D eigenvalue weighted by Crippen LogP contribution is -2.29. The van der Waals surface area contributed by atoms with E-state index in [-0.39, 0.29) is 72.5 Å². The maximum absolute atomic E-state index is 12.3. The molecule has 127 heavy (non-hydrogen) atoms. The summed E-state index contributed by atoms with van der Waals surface area (Å²) in [7, 11) is 22.4. The van der Waals surface area contributed by atoms with Crippen LogP contribution < -0.4 is 71.9 Å². The monoisotopic (exact) mass is 1770 g/mol. The normalized spacial score (nSPS) is 10.9. The van der Waals surface area contributed by atoms with Gasteiger partial charge in [-0.1, -0.05) is 50.3 Å². The average molecular weight is 1770 g/mol. The number of carbonyl (C=O) groups excluding carboxylic acids is 2. The number of aromatic nitrogens is 12. The average Bonchev–Trinajstić information content (AvgIpc) is 1.69. The van der Waals surface area contributed by atoms with Crippen molar-refractivity contribution in [2.45, 2.75) is 95.5 Å². The highest BCUT2D eigenvalue weighted by Crippen LogP contribution is 2.44. The minimum atomic E-state index is -1.15. The molecule has 0 fully saturated rings. The number of benzene rings is 6. The molecule has 0 aliphatic heterocycles. The molecule has 0 aliphatic carbocycles. The van der Waals surface area contributed by atoms with E-state index >= 15 is 0 Å². The van der Waals surface area contributed by atoms with Gasteiger partial charge in [0.1, 0.15) is 41.9 Å². The molecule has 6 aromatic carbocycles. The minimum Gasteiger partial charge on any atom is -0.494 e. The van der Waals surface area contributed by atoms with E-state index in [2.05, 4.69) is 125 Å². The van der Waals surface area contributed by atoms with E-state index in [1.807, 2.05) is 162 Å². The highest BCUT2D eigenvalue weighted by atomic mass is 35.5. The first-order chi connectivity index (χ1) is 57.8. The van der Waals surface area contributed by atoms with Crippen molar-refractivity contribution < 1.29 is 44.0 Å². The number of nitrogen functional groups attached to an aromatic ring is 1. The molecule has 12 rings (SSSR count). The van der Waals surface area contributed by atoms with Gasteiger partial charge in [0.25, 0.3) is 5.69 Å². The molecular weight excluding hydrogens is 1640 g/mol. The van der Waals surface area contributed by atoms with Crippen molar-refractivity contribution in [3.63, 3.8) is 0 Å². The molecule has 6 aromatic heterocycles. The predicted molar refractivity (Wildman–Crippen MR) is 519 cm³/mol. The highest BCUT2D eigenvalue weighted by Gasteiger charge is 2.30. The van der Waals surface area contributed by atoms with E-state index < -0.39 is 27.0 Å². The number of ether oxygens (including phenoxy) is 3. The summed E-state index contributed by atoms with van der Waals surface area (Å²) >= 11 is 4.71. The number of nitrogens with two attached hydrogens (primary N) is 1. The zero-order valence-electron chi connectivity index (χ0n) is 71.7. The number of nitro benzene ring substituents is 1. The standard InChI is InChI=1S/C29H37N9O3.C26H33N9O4.C26H35N9O2.C3H3ClO.5CH4/c1-8-25(39)33-21-15-22(24(41-7)16-23(21)38(6)14-13-37(4)5)35-28-32-17-31-27(36-28)34-20-10-9-19-18(11-12-30-19)26(20)29(2,3)40;1-26(2,36)23-16-9-10-27-17(16)7-8-18(23)30-24-28-15-29-25(32-24)31-19-13-21(35(37)38)20(14-22(19)39-6)34(5)12-11-33(3)4;1-26(2,36)23-16-9-10-28-18(16)7-8-19(23)31-24-29-15-30-25(33-24)32-20-13-17(27)21(14-22(20)37-6)35(5)12-11-34(3)4;1-2-3(4)5;;;;;/h8-12,15-17,30,40H,1,13-14H2,2-7H3,(H,33,39)(H2,31,32,34,35,36);7-10,13-15,27,36H,11-12H2,1-6H3,(H2,28,29,30,31,32);7-10,13-15,28,36H,11-12,27H2,1-6H3,(H2,29,30,31,32,33);2H,1H2;5*1H4. The summed E-state index contributed by atoms with van der Waals surface area (Å²) < 4.78 is 16.9. The summed E-state index contributed by atoms with van der Waals surface area (Å²) in [6.45, 7) is 21.6. The molecule has 6 heterocycles. The van der Waals surface area contributed by atoms with Gasteiger partial charge in [0.05, 0.1) is 82.9 Å². The Balaban J connectivity index is 0.000000381. The molecule has 686 valence electrons. The number of nitrogens with zero attached hydrogens (tertiary/aromatic N) is 16. The molecule has 0 saturated carbocycles. The van der Waals surface area contributed by atoms with Crippen LogP contribution in [0.3, 0.4) is 0 Å². The number of amides is 1. The smallest absolute Gasteiger partial charge is 0.294 e. The van der Waals surface area contributed by atoms with E-state index in [4.69, 9.17) is 31.5 Å². The first-order valence-corrected chi connectivity index (χ1v) is 38.8. The number of likely N-dealkylation sites (N-methyl/N-ethyl adjacent to an activating group) is 6. The number of nitrogens with one attached hydrogen (secondary N) is 10. The third kappa shape index (κ3) is 28.2. The van der Waals surface area contributed by atoms with Crippen molar-refractivity contribution in [3.8, 4) is 17.2 Å². The second kappa shape index (κ2) is 47.0. The molecule has 38 heteroatoms. The van der Waals surface area contributed by atoms with Crippen LogP contribution in [0.1, 0.15) is 95.4 Å². The number of hydrogen-bond acceptors (Lipinski definition) is 32. The van der Waals surface area contributed by atoms with Gasteiger partial charge in [0.2, 0.25) is 46.8 Å². The number of nitro groups is 1. The number of aromatic amines is 3. The minimum absolute atomic E-state index is 0. The molecule has 0 saturated heterocycles. The van der Waals surface area contributed by atoms with Crippen LogP contribution in [-0.4, -0.2) is 230 Å². The number of anilines is 17. The van der Waals surface area contributed by atoms with Gasteiger partial charge in [-0.25, -0.2) is 29.9 Å². The Morgan fingerprint density at radius 2 is 0.740 bits per heavy atom. The van der Waals surface area contributed by atoms with Crippen LogP contribution in [0.5, 0.6) is 17.2 Å². The van der Waals surface area contributed by atoms with Crippen LogP contribution in [0.4, 0.5) is 104 Å². The van der Waals surface area contributed by atoms with Crippen LogP contribution in [0.2, 0.25) is 0 Å². The molecule has 1 amide bonds. The Morgan fingerprint density at radius 3 is 1.04 bits per heavy atom. The van der Waals surface area contributed by atoms with Gasteiger partial charge >= 0.3 is 0 Å². The fourth-order valence-electron chi connectivity index (χ4n) is 13.0. The maximum Gasteiger partial charge on any atom is 0.294 e. The first-order valence-electron chi connectivity index (χ1n) is 38.4. The van der Waals surface area contributed by atoms with Crippen molar-refractivity contribution in [2.75, 3.05) is 182 Å². The number of halogens is 1. The maximum atomic E-state index is 12.3. The summed E-state index contributed by atoms with van der Waals surface area (Å²) in [4.78, 5) is 93.8. The van der Waals surface area contributed by atoms with E-state index in [1.165, 1.54) is 38.2 Å². The Morgan fingerprint density at radius 1 is 0.449 bits per heavy atom. The Kier molecular flexibility index (Phi) is 39.1. The van der Waals surface area contributed by atoms with E-state index in [0.29, 0.717) is 98.0 Å². The topological polar surface area (TPSA) is 459 Å². The quantitative estimate of drug-likeness (QED) is 0.00585. The third-order valence-corrected chi connectivity index (χ3v) is 19.0. The van der Waals surface area contributed by atoms with Gasteiger partial charge in [-0.2, -0.15) is 15.0 Å². The molecule has 37 nitrogen and oxygen atoms in total. The van der Waals surface area contributed by atoms with Crippen molar-refractivity contribution in [2.24, 2.45) is 0 Å². The zero-order chi connectivity index (χ0) is 89.1. The number of H-pyrrole nitrogens is 3. The fourth-order valence-corrected chi connectivity index (χ4v) is 13.0. The van der Waals surface area contributed by atoms with Gasteiger partial charge in [-0.3, -0.25) is 19.7 Å². The van der Waals surface area contributed by atoms with E-state index in [9.17, 15) is 35.0 Å². The summed E-state index contributed by atoms with van der Waals surface area (Å²) in [6, 6.07) is 27.5. The number of aliphatic hydroxyl groups is 3. The Labute approximate surface area is 749 Å². The molecule has 0 unspecified atom stereocenters. The van der Waals surface area contributed by atoms with Crippen LogP contribution in [0.15, 0.2) is 154 Å². The van der Waals surface area contributed by atoms with Crippen LogP contribution >= 0.6 is 11.6 Å². The Hall–Kier alpha value is -13.6. The number of allylic oxidation sites excluding steroid dienone is 1. The SMILES string of the molecule is C.C.C.C.C.C=CC(=O)Cl.C=CC(=O)Nc1cc(Nc2ncnc(Nc3ccc4[nH]ccc4c3C(C)(C)O)n2)c(OC)cc1N(C)CCN(C)C.COc1cc(N(C)CCN(C)C)c(N)cc1Nc1ncnc(Nc2ccc3[nH]ccc3c2C(C)(C)O)n1.COc1cc(N(C)CCN(C)C)c([N+](=O)[O-])cc1Nc1ncnc(Nc2ccc3[nH]ccc3c2C(C)(C)O)n1. The zero-order valence-corrected chi connectivity index (χ0v) is 72.5. The van der Waals surface area contributed by atoms with Crippen molar-refractivity contribution in [3.05, 3.63) is 181 Å². The van der Waals surface area contributed by atoms with Gasteiger partial charge in [0.15, 0.2) is 0 Å². The van der Waals surface area contributed by atoms with Gasteiger partial charge in [0, 0.05) is 170 Å². The van der Waals surface area contributed by atoms with Crippen molar-refractivity contribution >= 4 is 159 Å². The Bertz CT molecular complexity index is 5640. The summed E-state index contributed by atoms with van der Waals surface area (Å²) in [5, 5.41) is 68.7. The lowest BCUT2D eigenvalue weighted by atomic mass is 9.93. The van der Waals surface area contributed by atoms with Crippen molar-refractivity contribution in [1.29, 1.82) is 0 Å². The van der Waals surface area contributed by atoms with Crippen LogP contribution in [-0.2, 0) is 26.4 Å². The van der Waals surface area contributed by atoms with Crippen LogP contribution in [0.25, 0.3) is 32.7 Å². The molecule has 0 spiro atoms. The molecule has 0 radical (unpaired) electrons. The van der Waals surface area contributed by atoms with Gasteiger partial charge in [-0.05, 0) is 174 Å². The fraction of sp³-hybridized carbons (Fsp3) is 0.360. The number of hydrogen-bond donors (Lipinski definition) is 14. The molecule has 0 bridgehead atoms. The molecule has 15 N–H and O–H groups in total. The number of carbonyl (C=O) groups is 2. The summed E-state index contributed by atoms with van der Waals surface area (Å²) in [5.74, 6) is 2.75. The number of methoxy groups -OCH3 is 3. The second-order valence-electron chi connectivity index (χ2n) is 30.5. The predicted octanol–water partition coefficient (Wildman–Crippen LogP) is 16.0. The largest absolute Gasteiger partial charge is 0.494 e. The van der Waals surface area contributed by atoms with Crippen LogP contribution in [0, 0.1) is 10.1 Å². The van der Waals surface area contributed by atoms with E-state index in [1.54, 1.807) is 74.9 Å². The third-order valence-electron chi connectivity index (χ3n) is 18.9. The molecule has 0 atom stereocenters. The lowest BCUT2D eigenvalue weighted by Gasteiger charge is -2.26. The second-order valence-corrected chi connectivity index (χ2v) is 30.8. The van der Waals surface area contributed by atoms with Gasteiger partial charge < -0.3 is 117 Å². The van der Waals surface area contributed by atoms with E-state index in [0.717, 1.165) is 88.4 Å². The summed E-state index contributed by atoms with van der Waals surface area (Å²) in [5.41, 5.74) is 14.6. The lowest BCUT2D eigenvalue weighted by molar-refractivity contribution is -0.384. The van der Waals surface area contributed by atoms with Gasteiger partial charge in [-0.15, -0.1) is 0 Å². The van der Waals surface area contributed by atoms with Crippen molar-refractivity contribution in [1.82, 2.24) is 74.5 Å². The molecule has 12 aromatic rings. The highest BCUT2D eigenvalue weighted by molar-refractivity contribution is 6.66. The number of fused-ring (bicyclic) bond motifs is 3.